The summed E-state index contributed by atoms with van der Waals surface area (Å²) < 4.78 is 13.4. The number of rotatable bonds is 3. The van der Waals surface area contributed by atoms with Crippen molar-refractivity contribution in [2.45, 2.75) is 25.4 Å². The Balaban J connectivity index is 1.64. The van der Waals surface area contributed by atoms with E-state index in [1.54, 1.807) is 11.9 Å². The van der Waals surface area contributed by atoms with Crippen LogP contribution in [-0.2, 0) is 13.0 Å². The molecule has 0 radical (unpaired) electrons. The summed E-state index contributed by atoms with van der Waals surface area (Å²) in [5.41, 5.74) is 3.11. The lowest BCUT2D eigenvalue weighted by atomic mass is 10.1. The number of halogens is 1. The number of nitrogens with one attached hydrogen (secondary N) is 1. The quantitative estimate of drug-likeness (QED) is 0.921. The number of benzene rings is 2. The summed E-state index contributed by atoms with van der Waals surface area (Å²) in [6.07, 6.45) is 1.70. The van der Waals surface area contributed by atoms with Crippen LogP contribution in [0.2, 0.25) is 0 Å². The predicted molar refractivity (Wildman–Crippen MR) is 83.9 cm³/mol. The number of nitrogens with zero attached hydrogens (tertiary/aromatic N) is 1. The molecule has 0 spiro atoms. The molecule has 0 aliphatic heterocycles. The monoisotopic (exact) mass is 298 g/mol. The highest BCUT2D eigenvalue weighted by molar-refractivity contribution is 5.74. The van der Waals surface area contributed by atoms with Gasteiger partial charge in [-0.2, -0.15) is 0 Å². The Morgan fingerprint density at radius 1 is 1.27 bits per heavy atom. The SMILES string of the molecule is CN(Cc1ccccc1)C(=O)NC1CCc2ccc(F)cc21. The first-order valence-electron chi connectivity index (χ1n) is 7.47. The van der Waals surface area contributed by atoms with Crippen LogP contribution in [0.25, 0.3) is 0 Å². The molecule has 0 heterocycles. The molecule has 3 rings (SSSR count). The number of carbonyl (C=O) groups is 1. The van der Waals surface area contributed by atoms with Crippen molar-refractivity contribution >= 4 is 6.03 Å². The molecule has 2 aromatic carbocycles. The van der Waals surface area contributed by atoms with Crippen molar-refractivity contribution in [3.05, 3.63) is 71.0 Å². The molecule has 1 atom stereocenters. The first-order chi connectivity index (χ1) is 10.6. The van der Waals surface area contributed by atoms with Gasteiger partial charge in [-0.3, -0.25) is 0 Å². The Bertz CT molecular complexity index is 672. The average molecular weight is 298 g/mol. The van der Waals surface area contributed by atoms with Crippen LogP contribution >= 0.6 is 0 Å². The molecular weight excluding hydrogens is 279 g/mol. The molecule has 0 saturated carbocycles. The second kappa shape index (κ2) is 6.18. The number of hydrogen-bond donors (Lipinski definition) is 1. The van der Waals surface area contributed by atoms with E-state index in [0.29, 0.717) is 6.54 Å². The molecule has 22 heavy (non-hydrogen) atoms. The minimum Gasteiger partial charge on any atom is -0.331 e. The predicted octanol–water partition coefficient (Wildman–Crippen LogP) is 3.65. The lowest BCUT2D eigenvalue weighted by Crippen LogP contribution is -2.38. The number of amides is 2. The summed E-state index contributed by atoms with van der Waals surface area (Å²) in [7, 11) is 1.77. The molecule has 0 aromatic heterocycles. The minimum absolute atomic E-state index is 0.101. The maximum Gasteiger partial charge on any atom is 0.317 e. The highest BCUT2D eigenvalue weighted by Gasteiger charge is 2.25. The summed E-state index contributed by atoms with van der Waals surface area (Å²) in [5, 5.41) is 3.00. The Labute approximate surface area is 129 Å². The van der Waals surface area contributed by atoms with Crippen LogP contribution < -0.4 is 5.32 Å². The number of aryl methyl sites for hydroxylation is 1. The van der Waals surface area contributed by atoms with Crippen LogP contribution in [0.1, 0.15) is 29.2 Å². The highest BCUT2D eigenvalue weighted by atomic mass is 19.1. The van der Waals surface area contributed by atoms with Crippen LogP contribution in [0.5, 0.6) is 0 Å². The van der Waals surface area contributed by atoms with Crippen LogP contribution in [-0.4, -0.2) is 18.0 Å². The summed E-state index contributed by atoms with van der Waals surface area (Å²) in [4.78, 5) is 14.0. The molecule has 1 aliphatic carbocycles. The molecule has 114 valence electrons. The van der Waals surface area contributed by atoms with Gasteiger partial charge in [-0.15, -0.1) is 0 Å². The number of hydrogen-bond acceptors (Lipinski definition) is 1. The summed E-state index contributed by atoms with van der Waals surface area (Å²) in [5.74, 6) is -0.252. The van der Waals surface area contributed by atoms with E-state index < -0.39 is 0 Å². The van der Waals surface area contributed by atoms with Gasteiger partial charge < -0.3 is 10.2 Å². The normalized spacial score (nSPS) is 16.2. The third kappa shape index (κ3) is 3.11. The zero-order valence-corrected chi connectivity index (χ0v) is 12.6. The van der Waals surface area contributed by atoms with Crippen molar-refractivity contribution in [2.75, 3.05) is 7.05 Å². The lowest BCUT2D eigenvalue weighted by molar-refractivity contribution is 0.202. The lowest BCUT2D eigenvalue weighted by Gasteiger charge is -2.21. The van der Waals surface area contributed by atoms with Gasteiger partial charge in [0.15, 0.2) is 0 Å². The van der Waals surface area contributed by atoms with E-state index >= 15 is 0 Å². The third-order valence-corrected chi connectivity index (χ3v) is 4.09. The fourth-order valence-electron chi connectivity index (χ4n) is 2.91. The number of fused-ring (bicyclic) bond motifs is 1. The van der Waals surface area contributed by atoms with Gasteiger partial charge in [-0.05, 0) is 41.7 Å². The zero-order chi connectivity index (χ0) is 15.5. The Morgan fingerprint density at radius 2 is 2.05 bits per heavy atom. The first-order valence-corrected chi connectivity index (χ1v) is 7.47. The summed E-state index contributed by atoms with van der Waals surface area (Å²) in [6, 6.07) is 14.4. The molecule has 4 heteroatoms. The maximum atomic E-state index is 13.4. The molecule has 1 aliphatic rings. The van der Waals surface area contributed by atoms with E-state index in [9.17, 15) is 9.18 Å². The molecule has 2 aromatic rings. The summed E-state index contributed by atoms with van der Waals surface area (Å²) >= 11 is 0. The van der Waals surface area contributed by atoms with Gasteiger partial charge in [-0.25, -0.2) is 9.18 Å². The smallest absolute Gasteiger partial charge is 0.317 e. The second-order valence-electron chi connectivity index (χ2n) is 5.73. The molecule has 0 saturated heterocycles. The van der Waals surface area contributed by atoms with E-state index in [0.717, 1.165) is 29.5 Å². The molecular formula is C18H19FN2O. The Hall–Kier alpha value is -2.36. The zero-order valence-electron chi connectivity index (χ0n) is 12.6. The van der Waals surface area contributed by atoms with E-state index in [-0.39, 0.29) is 17.9 Å². The molecule has 0 fully saturated rings. The Kier molecular flexibility index (Phi) is 4.09. The maximum absolute atomic E-state index is 13.4. The fourth-order valence-corrected chi connectivity index (χ4v) is 2.91. The van der Waals surface area contributed by atoms with Crippen molar-refractivity contribution in [1.82, 2.24) is 10.2 Å². The van der Waals surface area contributed by atoms with Gasteiger partial charge in [0.1, 0.15) is 5.82 Å². The van der Waals surface area contributed by atoms with Crippen LogP contribution in [0.3, 0.4) is 0 Å². The van der Waals surface area contributed by atoms with Crippen molar-refractivity contribution in [3.8, 4) is 0 Å². The minimum atomic E-state index is -0.252. The van der Waals surface area contributed by atoms with Crippen molar-refractivity contribution in [2.24, 2.45) is 0 Å². The van der Waals surface area contributed by atoms with E-state index in [1.807, 2.05) is 36.4 Å². The third-order valence-electron chi connectivity index (χ3n) is 4.09. The average Bonchev–Trinajstić information content (AvgIpc) is 2.90. The van der Waals surface area contributed by atoms with E-state index in [2.05, 4.69) is 5.32 Å². The van der Waals surface area contributed by atoms with Crippen molar-refractivity contribution in [1.29, 1.82) is 0 Å². The molecule has 2 amide bonds. The first kappa shape index (κ1) is 14.6. The second-order valence-corrected chi connectivity index (χ2v) is 5.73. The largest absolute Gasteiger partial charge is 0.331 e. The Morgan fingerprint density at radius 3 is 2.82 bits per heavy atom. The van der Waals surface area contributed by atoms with Gasteiger partial charge in [0.2, 0.25) is 0 Å². The molecule has 1 N–H and O–H groups in total. The van der Waals surface area contributed by atoms with Crippen molar-refractivity contribution in [3.63, 3.8) is 0 Å². The molecule has 1 unspecified atom stereocenters. The number of carbonyl (C=O) groups excluding carboxylic acids is 1. The van der Waals surface area contributed by atoms with E-state index in [1.165, 1.54) is 12.1 Å². The van der Waals surface area contributed by atoms with Crippen LogP contribution in [0.4, 0.5) is 9.18 Å². The summed E-state index contributed by atoms with van der Waals surface area (Å²) in [6.45, 7) is 0.551. The fraction of sp³-hybridized carbons (Fsp3) is 0.278. The van der Waals surface area contributed by atoms with Gasteiger partial charge in [0.25, 0.3) is 0 Å². The molecule has 3 nitrogen and oxygen atoms in total. The van der Waals surface area contributed by atoms with Gasteiger partial charge >= 0.3 is 6.03 Å². The van der Waals surface area contributed by atoms with Crippen LogP contribution in [0, 0.1) is 5.82 Å². The van der Waals surface area contributed by atoms with E-state index in [4.69, 9.17) is 0 Å². The highest BCUT2D eigenvalue weighted by Crippen LogP contribution is 2.31. The standard InChI is InChI=1S/C18H19FN2O/c1-21(12-13-5-3-2-4-6-13)18(22)20-17-10-8-14-7-9-15(19)11-16(14)17/h2-7,9,11,17H,8,10,12H2,1H3,(H,20,22). The van der Waals surface area contributed by atoms with Gasteiger partial charge in [0, 0.05) is 13.6 Å². The van der Waals surface area contributed by atoms with Crippen molar-refractivity contribution < 1.29 is 9.18 Å². The van der Waals surface area contributed by atoms with Gasteiger partial charge in [0.05, 0.1) is 6.04 Å². The molecule has 0 bridgehead atoms. The van der Waals surface area contributed by atoms with Crippen LogP contribution in [0.15, 0.2) is 48.5 Å². The topological polar surface area (TPSA) is 32.3 Å². The number of urea groups is 1. The van der Waals surface area contributed by atoms with Gasteiger partial charge in [-0.1, -0.05) is 36.4 Å².